The highest BCUT2D eigenvalue weighted by atomic mass is 127. The van der Waals surface area contributed by atoms with Gasteiger partial charge in [0, 0.05) is 50.1 Å². The molecule has 1 aromatic heterocycles. The Labute approximate surface area is 182 Å². The number of nitrogens with one attached hydrogen (secondary N) is 3. The summed E-state index contributed by atoms with van der Waals surface area (Å²) in [6, 6.07) is 9.90. The summed E-state index contributed by atoms with van der Waals surface area (Å²) in [6.07, 6.45) is 3.12. The Kier molecular flexibility index (Phi) is 11.7. The Morgan fingerprint density at radius 2 is 1.96 bits per heavy atom. The van der Waals surface area contributed by atoms with Gasteiger partial charge in [0.15, 0.2) is 5.96 Å². The quantitative estimate of drug-likeness (QED) is 0.281. The fourth-order valence-electron chi connectivity index (χ4n) is 2.30. The summed E-state index contributed by atoms with van der Waals surface area (Å²) in [6.45, 7) is 6.63. The smallest absolute Gasteiger partial charge is 0.222 e. The van der Waals surface area contributed by atoms with Crippen LogP contribution < -0.4 is 16.0 Å². The molecule has 0 aliphatic rings. The van der Waals surface area contributed by atoms with Crippen molar-refractivity contribution in [3.05, 3.63) is 52.0 Å². The molecule has 0 radical (unpaired) electrons. The second-order valence-corrected chi connectivity index (χ2v) is 7.13. The van der Waals surface area contributed by atoms with Gasteiger partial charge >= 0.3 is 0 Å². The Bertz CT molecular complexity index is 705. The summed E-state index contributed by atoms with van der Waals surface area (Å²) in [7, 11) is 0. The highest BCUT2D eigenvalue weighted by Gasteiger charge is 2.03. The van der Waals surface area contributed by atoms with E-state index in [1.54, 1.807) is 11.3 Å². The summed E-state index contributed by atoms with van der Waals surface area (Å²) in [5.74, 6) is 0.757. The SMILES string of the molecule is CCNC(=NCCc1ncc(C)s1)NCCC(=O)NCc1ccccc1.I. The molecule has 0 aliphatic heterocycles. The zero-order valence-corrected chi connectivity index (χ0v) is 19.0. The molecule has 0 saturated carbocycles. The summed E-state index contributed by atoms with van der Waals surface area (Å²) in [5, 5.41) is 10.4. The number of aliphatic imine (C=N–C) groups is 1. The first-order valence-electron chi connectivity index (χ1n) is 8.91. The molecule has 0 bridgehead atoms. The number of benzene rings is 1. The molecule has 0 spiro atoms. The van der Waals surface area contributed by atoms with Gasteiger partial charge in [-0.25, -0.2) is 4.98 Å². The number of aromatic nitrogens is 1. The van der Waals surface area contributed by atoms with Crippen molar-refractivity contribution in [3.63, 3.8) is 0 Å². The second kappa shape index (κ2) is 13.5. The van der Waals surface area contributed by atoms with Gasteiger partial charge in [0.2, 0.25) is 5.91 Å². The van der Waals surface area contributed by atoms with Gasteiger partial charge in [0.05, 0.1) is 5.01 Å². The van der Waals surface area contributed by atoms with Gasteiger partial charge in [0.1, 0.15) is 0 Å². The van der Waals surface area contributed by atoms with E-state index in [-0.39, 0.29) is 29.9 Å². The van der Waals surface area contributed by atoms with Crippen molar-refractivity contribution in [2.45, 2.75) is 33.2 Å². The number of hydrogen-bond acceptors (Lipinski definition) is 4. The lowest BCUT2D eigenvalue weighted by Crippen LogP contribution is -2.39. The molecule has 148 valence electrons. The molecule has 0 unspecified atom stereocenters. The van der Waals surface area contributed by atoms with E-state index < -0.39 is 0 Å². The third-order valence-corrected chi connectivity index (χ3v) is 4.56. The average molecular weight is 501 g/mol. The maximum absolute atomic E-state index is 11.9. The van der Waals surface area contributed by atoms with Crippen molar-refractivity contribution in [2.24, 2.45) is 4.99 Å². The number of halogens is 1. The first-order valence-corrected chi connectivity index (χ1v) is 9.73. The predicted octanol–water partition coefficient (Wildman–Crippen LogP) is 2.87. The predicted molar refractivity (Wildman–Crippen MR) is 123 cm³/mol. The Morgan fingerprint density at radius 3 is 2.63 bits per heavy atom. The van der Waals surface area contributed by atoms with Crippen molar-refractivity contribution in [1.82, 2.24) is 20.9 Å². The Morgan fingerprint density at radius 1 is 1.19 bits per heavy atom. The minimum atomic E-state index is 0. The van der Waals surface area contributed by atoms with Crippen LogP contribution in [0.25, 0.3) is 0 Å². The number of carbonyl (C=O) groups excluding carboxylic acids is 1. The molecule has 3 N–H and O–H groups in total. The fraction of sp³-hybridized carbons (Fsp3) is 0.421. The van der Waals surface area contributed by atoms with Crippen molar-refractivity contribution in [3.8, 4) is 0 Å². The molecule has 1 aromatic carbocycles. The van der Waals surface area contributed by atoms with Gasteiger partial charge in [-0.15, -0.1) is 35.3 Å². The van der Waals surface area contributed by atoms with E-state index in [0.29, 0.717) is 26.1 Å². The molecule has 6 nitrogen and oxygen atoms in total. The van der Waals surface area contributed by atoms with E-state index in [1.807, 2.05) is 43.5 Å². The highest BCUT2D eigenvalue weighted by Crippen LogP contribution is 2.11. The maximum Gasteiger partial charge on any atom is 0.222 e. The van der Waals surface area contributed by atoms with Crippen LogP contribution >= 0.6 is 35.3 Å². The molecule has 8 heteroatoms. The van der Waals surface area contributed by atoms with Gasteiger partial charge in [-0.3, -0.25) is 9.79 Å². The highest BCUT2D eigenvalue weighted by molar-refractivity contribution is 14.0. The van der Waals surface area contributed by atoms with Crippen molar-refractivity contribution in [1.29, 1.82) is 0 Å². The van der Waals surface area contributed by atoms with E-state index in [0.717, 1.165) is 29.5 Å². The van der Waals surface area contributed by atoms with Crippen LogP contribution in [0.15, 0.2) is 41.5 Å². The van der Waals surface area contributed by atoms with E-state index in [9.17, 15) is 4.79 Å². The van der Waals surface area contributed by atoms with Crippen LogP contribution in [0, 0.1) is 6.92 Å². The van der Waals surface area contributed by atoms with Crippen molar-refractivity contribution >= 4 is 47.2 Å². The number of aryl methyl sites for hydroxylation is 1. The van der Waals surface area contributed by atoms with E-state index in [1.165, 1.54) is 4.88 Å². The number of thiazole rings is 1. The molecule has 0 atom stereocenters. The Balaban J connectivity index is 0.00000364. The lowest BCUT2D eigenvalue weighted by molar-refractivity contribution is -0.121. The molecule has 2 rings (SSSR count). The topological polar surface area (TPSA) is 78.4 Å². The summed E-state index contributed by atoms with van der Waals surface area (Å²) < 4.78 is 0. The molecular weight excluding hydrogens is 473 g/mol. The number of carbonyl (C=O) groups is 1. The first kappa shape index (κ1) is 23.4. The normalized spacial score (nSPS) is 10.8. The molecule has 1 amide bonds. The van der Waals surface area contributed by atoms with E-state index >= 15 is 0 Å². The lowest BCUT2D eigenvalue weighted by Gasteiger charge is -2.11. The zero-order chi connectivity index (χ0) is 18.6. The van der Waals surface area contributed by atoms with E-state index in [4.69, 9.17) is 0 Å². The lowest BCUT2D eigenvalue weighted by atomic mass is 10.2. The van der Waals surface area contributed by atoms with Crippen LogP contribution in [-0.4, -0.2) is 36.5 Å². The minimum Gasteiger partial charge on any atom is -0.357 e. The molecule has 2 aromatic rings. The number of amides is 1. The number of guanidine groups is 1. The van der Waals surface area contributed by atoms with Crippen molar-refractivity contribution < 1.29 is 4.79 Å². The molecular formula is C19H28IN5OS. The van der Waals surface area contributed by atoms with Crippen LogP contribution in [0.5, 0.6) is 0 Å². The van der Waals surface area contributed by atoms with Gasteiger partial charge < -0.3 is 16.0 Å². The van der Waals surface area contributed by atoms with Crippen LogP contribution in [0.1, 0.15) is 28.8 Å². The number of nitrogens with zero attached hydrogens (tertiary/aromatic N) is 2. The Hall–Kier alpha value is -1.68. The van der Waals surface area contributed by atoms with Gasteiger partial charge in [-0.1, -0.05) is 30.3 Å². The zero-order valence-electron chi connectivity index (χ0n) is 15.8. The summed E-state index contributed by atoms with van der Waals surface area (Å²) >= 11 is 1.70. The summed E-state index contributed by atoms with van der Waals surface area (Å²) in [5.41, 5.74) is 1.10. The maximum atomic E-state index is 11.9. The monoisotopic (exact) mass is 501 g/mol. The van der Waals surface area contributed by atoms with Gasteiger partial charge in [-0.05, 0) is 19.4 Å². The van der Waals surface area contributed by atoms with Gasteiger partial charge in [-0.2, -0.15) is 0 Å². The molecule has 1 heterocycles. The largest absolute Gasteiger partial charge is 0.357 e. The number of hydrogen-bond donors (Lipinski definition) is 3. The van der Waals surface area contributed by atoms with Crippen LogP contribution in [0.2, 0.25) is 0 Å². The first-order chi connectivity index (χ1) is 12.7. The minimum absolute atomic E-state index is 0. The average Bonchev–Trinajstić information content (AvgIpc) is 3.06. The molecule has 0 fully saturated rings. The van der Waals surface area contributed by atoms with E-state index in [2.05, 4.69) is 32.9 Å². The third kappa shape index (κ3) is 9.71. The fourth-order valence-corrected chi connectivity index (χ4v) is 3.08. The summed E-state index contributed by atoms with van der Waals surface area (Å²) in [4.78, 5) is 22.0. The van der Waals surface area contributed by atoms with Gasteiger partial charge in [0.25, 0.3) is 0 Å². The van der Waals surface area contributed by atoms with Crippen molar-refractivity contribution in [2.75, 3.05) is 19.6 Å². The van der Waals surface area contributed by atoms with Crippen LogP contribution in [0.4, 0.5) is 0 Å². The third-order valence-electron chi connectivity index (χ3n) is 3.59. The standard InChI is InChI=1S/C19H27N5OS.HI/c1-3-20-19(22-12-10-18-24-13-15(2)26-18)21-11-9-17(25)23-14-16-7-5-4-6-8-16;/h4-8,13H,3,9-12,14H2,1-2H3,(H,23,25)(H2,20,21,22);1H. The molecule has 0 aliphatic carbocycles. The second-order valence-electron chi connectivity index (χ2n) is 5.81. The van der Waals surface area contributed by atoms with Crippen LogP contribution in [0.3, 0.4) is 0 Å². The van der Waals surface area contributed by atoms with Crippen LogP contribution in [-0.2, 0) is 17.8 Å². The number of rotatable bonds is 9. The molecule has 0 saturated heterocycles. The molecule has 27 heavy (non-hydrogen) atoms.